The quantitative estimate of drug-likeness (QED) is 0.775. The summed E-state index contributed by atoms with van der Waals surface area (Å²) in [6.07, 6.45) is 1.06. The van der Waals surface area contributed by atoms with Crippen LogP contribution in [0.2, 0.25) is 0 Å². The van der Waals surface area contributed by atoms with Gasteiger partial charge in [-0.1, -0.05) is 12.1 Å². The van der Waals surface area contributed by atoms with Gasteiger partial charge in [-0.25, -0.2) is 13.2 Å². The van der Waals surface area contributed by atoms with E-state index in [1.54, 1.807) is 18.2 Å². The van der Waals surface area contributed by atoms with Crippen LogP contribution in [0.15, 0.2) is 24.3 Å². The van der Waals surface area contributed by atoms with Crippen LogP contribution < -0.4 is 4.31 Å². The molecule has 0 N–H and O–H groups in total. The Kier molecular flexibility index (Phi) is 4.34. The highest BCUT2D eigenvalue weighted by molar-refractivity contribution is 7.92. The van der Waals surface area contributed by atoms with Gasteiger partial charge in [0.2, 0.25) is 10.0 Å². The topological polar surface area (TPSA) is 63.7 Å². The second-order valence-corrected chi connectivity index (χ2v) is 5.96. The summed E-state index contributed by atoms with van der Waals surface area (Å²) in [6.45, 7) is 3.35. The third-order valence-corrected chi connectivity index (χ3v) is 3.75. The Bertz CT molecular complexity index is 539. The van der Waals surface area contributed by atoms with Crippen LogP contribution in [-0.4, -0.2) is 33.8 Å². The van der Waals surface area contributed by atoms with Gasteiger partial charge in [-0.05, 0) is 31.5 Å². The minimum Gasteiger partial charge on any atom is -0.467 e. The highest BCUT2D eigenvalue weighted by Gasteiger charge is 2.29. The summed E-state index contributed by atoms with van der Waals surface area (Å²) in [5, 5.41) is 0. The summed E-state index contributed by atoms with van der Waals surface area (Å²) in [6, 6.07) is 6.06. The molecule has 6 heteroatoms. The predicted octanol–water partition coefficient (Wildman–Crippen LogP) is 1.32. The molecule has 0 saturated heterocycles. The number of ether oxygens (including phenoxy) is 1. The van der Waals surface area contributed by atoms with Crippen molar-refractivity contribution >= 4 is 21.7 Å². The van der Waals surface area contributed by atoms with Gasteiger partial charge in [-0.15, -0.1) is 0 Å². The minimum atomic E-state index is -3.56. The number of aryl methyl sites for hydroxylation is 1. The molecular weight excluding hydrogens is 254 g/mol. The van der Waals surface area contributed by atoms with E-state index in [2.05, 4.69) is 4.74 Å². The van der Waals surface area contributed by atoms with Crippen molar-refractivity contribution in [3.63, 3.8) is 0 Å². The van der Waals surface area contributed by atoms with E-state index in [-0.39, 0.29) is 0 Å². The molecule has 18 heavy (non-hydrogen) atoms. The van der Waals surface area contributed by atoms with E-state index in [1.165, 1.54) is 14.0 Å². The Morgan fingerprint density at radius 1 is 1.39 bits per heavy atom. The van der Waals surface area contributed by atoms with E-state index in [1.807, 2.05) is 13.0 Å². The zero-order valence-corrected chi connectivity index (χ0v) is 11.7. The first-order valence-electron chi connectivity index (χ1n) is 5.41. The van der Waals surface area contributed by atoms with Gasteiger partial charge in [0.15, 0.2) is 0 Å². The molecule has 0 unspecified atom stereocenters. The highest BCUT2D eigenvalue weighted by Crippen LogP contribution is 2.22. The second-order valence-electron chi connectivity index (χ2n) is 4.10. The van der Waals surface area contributed by atoms with Crippen molar-refractivity contribution in [3.8, 4) is 0 Å². The molecule has 0 radical (unpaired) electrons. The van der Waals surface area contributed by atoms with Crippen molar-refractivity contribution in [1.29, 1.82) is 0 Å². The Labute approximate surface area is 107 Å². The molecule has 1 rings (SSSR count). The SMILES string of the molecule is COC(=O)[C@H](C)N(c1cccc(C)c1)S(C)(=O)=O. The van der Waals surface area contributed by atoms with Crippen molar-refractivity contribution < 1.29 is 17.9 Å². The average molecular weight is 271 g/mol. The lowest BCUT2D eigenvalue weighted by Crippen LogP contribution is -2.43. The first-order chi connectivity index (χ1) is 8.27. The van der Waals surface area contributed by atoms with E-state index in [4.69, 9.17) is 0 Å². The predicted molar refractivity (Wildman–Crippen MR) is 70.0 cm³/mol. The molecule has 0 aliphatic carbocycles. The monoisotopic (exact) mass is 271 g/mol. The lowest BCUT2D eigenvalue weighted by molar-refractivity contribution is -0.141. The molecule has 0 amide bonds. The van der Waals surface area contributed by atoms with Gasteiger partial charge >= 0.3 is 5.97 Å². The standard InChI is InChI=1S/C12H17NO4S/c1-9-6-5-7-11(8-9)13(18(4,15)16)10(2)12(14)17-3/h5-8,10H,1-4H3/t10-/m0/s1. The fraction of sp³-hybridized carbons (Fsp3) is 0.417. The molecule has 5 nitrogen and oxygen atoms in total. The van der Waals surface area contributed by atoms with Crippen LogP contribution in [0.1, 0.15) is 12.5 Å². The van der Waals surface area contributed by atoms with Gasteiger partial charge in [0, 0.05) is 0 Å². The van der Waals surface area contributed by atoms with Crippen molar-refractivity contribution in [1.82, 2.24) is 0 Å². The van der Waals surface area contributed by atoms with Gasteiger partial charge in [0.1, 0.15) is 6.04 Å². The lowest BCUT2D eigenvalue weighted by atomic mass is 10.2. The third kappa shape index (κ3) is 3.22. The van der Waals surface area contributed by atoms with Gasteiger partial charge in [0.05, 0.1) is 19.1 Å². The van der Waals surface area contributed by atoms with Gasteiger partial charge in [-0.2, -0.15) is 0 Å². The summed E-state index contributed by atoms with van der Waals surface area (Å²) < 4.78 is 29.3. The molecule has 0 bridgehead atoms. The Morgan fingerprint density at radius 3 is 2.44 bits per heavy atom. The Balaban J connectivity index is 3.27. The van der Waals surface area contributed by atoms with E-state index in [0.29, 0.717) is 5.69 Å². The lowest BCUT2D eigenvalue weighted by Gasteiger charge is -2.27. The normalized spacial score (nSPS) is 12.9. The zero-order valence-electron chi connectivity index (χ0n) is 10.9. The van der Waals surface area contributed by atoms with E-state index in [9.17, 15) is 13.2 Å². The molecule has 0 saturated carbocycles. The van der Waals surface area contributed by atoms with Crippen molar-refractivity contribution in [2.24, 2.45) is 0 Å². The van der Waals surface area contributed by atoms with Crippen LogP contribution in [0.4, 0.5) is 5.69 Å². The molecule has 1 aromatic carbocycles. The number of rotatable bonds is 4. The van der Waals surface area contributed by atoms with E-state index < -0.39 is 22.0 Å². The van der Waals surface area contributed by atoms with Gasteiger partial charge < -0.3 is 4.74 Å². The first kappa shape index (κ1) is 14.5. The van der Waals surface area contributed by atoms with Gasteiger partial charge in [0.25, 0.3) is 0 Å². The fourth-order valence-corrected chi connectivity index (χ4v) is 2.89. The fourth-order valence-electron chi connectivity index (χ4n) is 1.73. The largest absolute Gasteiger partial charge is 0.467 e. The Morgan fingerprint density at radius 2 is 2.00 bits per heavy atom. The molecule has 0 heterocycles. The molecule has 1 aromatic rings. The number of carbonyl (C=O) groups is 1. The number of anilines is 1. The van der Waals surface area contributed by atoms with Crippen LogP contribution in [-0.2, 0) is 19.6 Å². The summed E-state index contributed by atoms with van der Waals surface area (Å²) in [4.78, 5) is 11.5. The second kappa shape index (κ2) is 5.39. The van der Waals surface area contributed by atoms with Gasteiger partial charge in [-0.3, -0.25) is 4.31 Å². The molecule has 0 spiro atoms. The first-order valence-corrected chi connectivity index (χ1v) is 7.26. The van der Waals surface area contributed by atoms with Crippen LogP contribution in [0.5, 0.6) is 0 Å². The van der Waals surface area contributed by atoms with Crippen LogP contribution in [0.25, 0.3) is 0 Å². The number of hydrogen-bond acceptors (Lipinski definition) is 4. The van der Waals surface area contributed by atoms with Crippen LogP contribution >= 0.6 is 0 Å². The maximum atomic E-state index is 11.8. The summed E-state index contributed by atoms with van der Waals surface area (Å²) in [5.41, 5.74) is 1.37. The molecule has 0 aliphatic heterocycles. The Hall–Kier alpha value is -1.56. The summed E-state index contributed by atoms with van der Waals surface area (Å²) >= 11 is 0. The molecule has 0 aromatic heterocycles. The van der Waals surface area contributed by atoms with Crippen LogP contribution in [0, 0.1) is 6.92 Å². The van der Waals surface area contributed by atoms with Crippen molar-refractivity contribution in [2.75, 3.05) is 17.7 Å². The zero-order chi connectivity index (χ0) is 13.9. The minimum absolute atomic E-state index is 0.454. The summed E-state index contributed by atoms with van der Waals surface area (Å²) in [5.74, 6) is -0.595. The summed E-state index contributed by atoms with van der Waals surface area (Å²) in [7, 11) is -2.32. The molecule has 1 atom stereocenters. The maximum absolute atomic E-state index is 11.8. The smallest absolute Gasteiger partial charge is 0.329 e. The maximum Gasteiger partial charge on any atom is 0.329 e. The highest BCUT2D eigenvalue weighted by atomic mass is 32.2. The third-order valence-electron chi connectivity index (χ3n) is 2.51. The number of methoxy groups -OCH3 is 1. The van der Waals surface area contributed by atoms with Crippen molar-refractivity contribution in [3.05, 3.63) is 29.8 Å². The molecule has 0 fully saturated rings. The average Bonchev–Trinajstić information content (AvgIpc) is 2.26. The van der Waals surface area contributed by atoms with Crippen LogP contribution in [0.3, 0.4) is 0 Å². The number of hydrogen-bond donors (Lipinski definition) is 0. The molecular formula is C12H17NO4S. The number of nitrogens with zero attached hydrogens (tertiary/aromatic N) is 1. The molecule has 0 aliphatic rings. The van der Waals surface area contributed by atoms with E-state index >= 15 is 0 Å². The van der Waals surface area contributed by atoms with Crippen molar-refractivity contribution in [2.45, 2.75) is 19.9 Å². The molecule has 100 valence electrons. The number of carbonyl (C=O) groups excluding carboxylic acids is 1. The number of sulfonamides is 1. The number of benzene rings is 1. The van der Waals surface area contributed by atoms with E-state index in [0.717, 1.165) is 16.1 Å². The number of esters is 1.